The number of nitrogens with one attached hydrogen (secondary N) is 2. The van der Waals surface area contributed by atoms with E-state index in [1.54, 1.807) is 41.3 Å². The topological polar surface area (TPSA) is 95.6 Å². The van der Waals surface area contributed by atoms with Gasteiger partial charge in [0, 0.05) is 23.8 Å². The van der Waals surface area contributed by atoms with Crippen LogP contribution in [0.1, 0.15) is 54.6 Å². The van der Waals surface area contributed by atoms with Crippen LogP contribution < -0.4 is 10.0 Å². The van der Waals surface area contributed by atoms with Crippen LogP contribution in [0.4, 0.5) is 5.69 Å². The fourth-order valence-electron chi connectivity index (χ4n) is 3.70. The lowest BCUT2D eigenvalue weighted by Gasteiger charge is -2.25. The van der Waals surface area contributed by atoms with Crippen LogP contribution in [0.15, 0.2) is 47.4 Å². The minimum atomic E-state index is -3.79. The third-order valence-electron chi connectivity index (χ3n) is 5.97. The maximum atomic E-state index is 13.2. The predicted octanol–water partition coefficient (Wildman–Crippen LogP) is 3.62. The lowest BCUT2D eigenvalue weighted by Crippen LogP contribution is -2.48. The summed E-state index contributed by atoms with van der Waals surface area (Å²) in [5, 5.41) is 2.95. The second kappa shape index (κ2) is 9.73. The molecule has 1 saturated heterocycles. The quantitative estimate of drug-likeness (QED) is 0.664. The van der Waals surface area contributed by atoms with Crippen molar-refractivity contribution >= 4 is 27.5 Å². The largest absolute Gasteiger partial charge is 0.352 e. The van der Waals surface area contributed by atoms with Crippen molar-refractivity contribution in [1.82, 2.24) is 10.2 Å². The number of likely N-dealkylation sites (tertiary alicyclic amines) is 1. The first kappa shape index (κ1) is 23.8. The lowest BCUT2D eigenvalue weighted by atomic mass is 10.1. The van der Waals surface area contributed by atoms with Gasteiger partial charge in [0.1, 0.15) is 6.04 Å². The van der Waals surface area contributed by atoms with Crippen molar-refractivity contribution in [3.8, 4) is 0 Å². The highest BCUT2D eigenvalue weighted by Crippen LogP contribution is 2.24. The molecule has 3 rings (SSSR count). The normalized spacial score (nSPS) is 17.1. The van der Waals surface area contributed by atoms with Crippen molar-refractivity contribution in [2.24, 2.45) is 0 Å². The van der Waals surface area contributed by atoms with Crippen LogP contribution in [-0.4, -0.2) is 43.8 Å². The summed E-state index contributed by atoms with van der Waals surface area (Å²) in [6, 6.07) is 10.9. The fraction of sp³-hybridized carbons (Fsp3) is 0.417. The molecule has 8 heteroatoms. The Labute approximate surface area is 190 Å². The number of hydrogen-bond donors (Lipinski definition) is 2. The van der Waals surface area contributed by atoms with Gasteiger partial charge in [-0.2, -0.15) is 0 Å². The summed E-state index contributed by atoms with van der Waals surface area (Å²) in [4.78, 5) is 27.5. The summed E-state index contributed by atoms with van der Waals surface area (Å²) in [6.45, 7) is 8.20. The van der Waals surface area contributed by atoms with Gasteiger partial charge >= 0.3 is 0 Å². The van der Waals surface area contributed by atoms with Gasteiger partial charge in [0.15, 0.2) is 0 Å². The van der Waals surface area contributed by atoms with E-state index in [-0.39, 0.29) is 22.8 Å². The highest BCUT2D eigenvalue weighted by atomic mass is 32.2. The smallest absolute Gasteiger partial charge is 0.261 e. The van der Waals surface area contributed by atoms with Crippen LogP contribution in [0, 0.1) is 13.8 Å². The molecule has 2 atom stereocenters. The van der Waals surface area contributed by atoms with Gasteiger partial charge in [0.2, 0.25) is 5.91 Å². The Bertz CT molecular complexity index is 1110. The van der Waals surface area contributed by atoms with E-state index in [1.165, 1.54) is 6.07 Å². The van der Waals surface area contributed by atoms with E-state index in [1.807, 2.05) is 27.7 Å². The standard InChI is InChI=1S/C24H31N3O4S/c1-5-18(4)25-23(28)22-10-7-13-27(22)24(29)19-8-6-9-20(15-19)26-32(30,31)21-12-11-16(2)17(3)14-21/h6,8-9,11-12,14-15,18,22,26H,5,7,10,13H2,1-4H3,(H,25,28)/t18-,22+/m0/s1. The molecule has 0 saturated carbocycles. The van der Waals surface area contributed by atoms with Crippen LogP contribution in [0.3, 0.4) is 0 Å². The zero-order valence-electron chi connectivity index (χ0n) is 19.0. The average molecular weight is 458 g/mol. The Kier molecular flexibility index (Phi) is 7.23. The van der Waals surface area contributed by atoms with Crippen molar-refractivity contribution in [3.63, 3.8) is 0 Å². The second-order valence-electron chi connectivity index (χ2n) is 8.41. The molecule has 2 aromatic rings. The number of sulfonamides is 1. The lowest BCUT2D eigenvalue weighted by molar-refractivity contribution is -0.125. The van der Waals surface area contributed by atoms with E-state index in [0.29, 0.717) is 24.2 Å². The number of carbonyl (C=O) groups is 2. The number of hydrogen-bond acceptors (Lipinski definition) is 4. The summed E-state index contributed by atoms with van der Waals surface area (Å²) < 4.78 is 28.2. The van der Waals surface area contributed by atoms with Crippen molar-refractivity contribution in [2.45, 2.75) is 63.9 Å². The molecule has 0 bridgehead atoms. The highest BCUT2D eigenvalue weighted by Gasteiger charge is 2.35. The molecular weight excluding hydrogens is 426 g/mol. The van der Waals surface area contributed by atoms with Crippen LogP contribution in [0.2, 0.25) is 0 Å². The fourth-order valence-corrected chi connectivity index (χ4v) is 4.83. The SMILES string of the molecule is CC[C@H](C)NC(=O)[C@H]1CCCN1C(=O)c1cccc(NS(=O)(=O)c2ccc(C)c(C)c2)c1. The molecule has 2 amide bonds. The molecule has 1 fully saturated rings. The van der Waals surface area contributed by atoms with E-state index >= 15 is 0 Å². The summed E-state index contributed by atoms with van der Waals surface area (Å²) in [6.07, 6.45) is 2.19. The van der Waals surface area contributed by atoms with Crippen molar-refractivity contribution in [3.05, 3.63) is 59.2 Å². The molecule has 0 spiro atoms. The molecule has 32 heavy (non-hydrogen) atoms. The van der Waals surface area contributed by atoms with Gasteiger partial charge in [-0.05, 0) is 81.5 Å². The highest BCUT2D eigenvalue weighted by molar-refractivity contribution is 7.92. The van der Waals surface area contributed by atoms with Gasteiger partial charge in [-0.1, -0.05) is 19.1 Å². The number of carbonyl (C=O) groups excluding carboxylic acids is 2. The molecule has 0 unspecified atom stereocenters. The molecule has 1 aliphatic heterocycles. The molecule has 2 aromatic carbocycles. The number of nitrogens with zero attached hydrogens (tertiary/aromatic N) is 1. The molecule has 1 aliphatic rings. The Hall–Kier alpha value is -2.87. The van der Waals surface area contributed by atoms with E-state index in [0.717, 1.165) is 24.0 Å². The van der Waals surface area contributed by atoms with Gasteiger partial charge in [-0.3, -0.25) is 14.3 Å². The van der Waals surface area contributed by atoms with E-state index < -0.39 is 16.1 Å². The first-order valence-corrected chi connectivity index (χ1v) is 12.4. The van der Waals surface area contributed by atoms with Crippen molar-refractivity contribution in [2.75, 3.05) is 11.3 Å². The Morgan fingerprint density at radius 1 is 1.12 bits per heavy atom. The molecule has 2 N–H and O–H groups in total. The van der Waals surface area contributed by atoms with Crippen LogP contribution in [0.5, 0.6) is 0 Å². The minimum Gasteiger partial charge on any atom is -0.352 e. The summed E-state index contributed by atoms with van der Waals surface area (Å²) in [5.74, 6) is -0.421. The Balaban J connectivity index is 1.78. The molecule has 0 aliphatic carbocycles. The summed E-state index contributed by atoms with van der Waals surface area (Å²) in [5.41, 5.74) is 2.53. The first-order valence-electron chi connectivity index (χ1n) is 10.9. The average Bonchev–Trinajstić information content (AvgIpc) is 3.25. The monoisotopic (exact) mass is 457 g/mol. The third-order valence-corrected chi connectivity index (χ3v) is 7.35. The van der Waals surface area contributed by atoms with Gasteiger partial charge in [-0.15, -0.1) is 0 Å². The molecule has 1 heterocycles. The second-order valence-corrected chi connectivity index (χ2v) is 10.1. The van der Waals surface area contributed by atoms with Gasteiger partial charge in [0.05, 0.1) is 4.90 Å². The maximum Gasteiger partial charge on any atom is 0.261 e. The first-order chi connectivity index (χ1) is 15.1. The van der Waals surface area contributed by atoms with Gasteiger partial charge in [0.25, 0.3) is 15.9 Å². The number of benzene rings is 2. The number of amides is 2. The summed E-state index contributed by atoms with van der Waals surface area (Å²) in [7, 11) is -3.79. The van der Waals surface area contributed by atoms with Gasteiger partial charge in [-0.25, -0.2) is 8.42 Å². The zero-order chi connectivity index (χ0) is 23.5. The van der Waals surface area contributed by atoms with Crippen molar-refractivity contribution < 1.29 is 18.0 Å². The molecule has 172 valence electrons. The molecular formula is C24H31N3O4S. The maximum absolute atomic E-state index is 13.2. The number of aryl methyl sites for hydroxylation is 2. The predicted molar refractivity (Wildman–Crippen MR) is 125 cm³/mol. The molecule has 0 radical (unpaired) electrons. The number of anilines is 1. The summed E-state index contributed by atoms with van der Waals surface area (Å²) >= 11 is 0. The van der Waals surface area contributed by atoms with Crippen LogP contribution in [0.25, 0.3) is 0 Å². The van der Waals surface area contributed by atoms with E-state index in [9.17, 15) is 18.0 Å². The molecule has 0 aromatic heterocycles. The Morgan fingerprint density at radius 3 is 2.56 bits per heavy atom. The van der Waals surface area contributed by atoms with E-state index in [4.69, 9.17) is 0 Å². The van der Waals surface area contributed by atoms with Gasteiger partial charge < -0.3 is 10.2 Å². The molecule has 7 nitrogen and oxygen atoms in total. The van der Waals surface area contributed by atoms with Crippen LogP contribution >= 0.6 is 0 Å². The van der Waals surface area contributed by atoms with Crippen molar-refractivity contribution in [1.29, 1.82) is 0 Å². The van der Waals surface area contributed by atoms with E-state index in [2.05, 4.69) is 10.0 Å². The minimum absolute atomic E-state index is 0.0446. The van der Waals surface area contributed by atoms with Crippen LogP contribution in [-0.2, 0) is 14.8 Å². The third kappa shape index (κ3) is 5.30. The zero-order valence-corrected chi connectivity index (χ0v) is 19.8. The Morgan fingerprint density at radius 2 is 1.88 bits per heavy atom. The number of rotatable bonds is 7.